The van der Waals surface area contributed by atoms with Crippen molar-refractivity contribution >= 4 is 22.1 Å². The minimum atomic E-state index is 0.743. The van der Waals surface area contributed by atoms with Crippen LogP contribution in [0, 0.1) is 0 Å². The summed E-state index contributed by atoms with van der Waals surface area (Å²) in [5.41, 5.74) is 5.51. The topological polar surface area (TPSA) is 70.7 Å². The molecule has 0 amide bonds. The highest BCUT2D eigenvalue weighted by Gasteiger charge is 2.08. The summed E-state index contributed by atoms with van der Waals surface area (Å²) in [6.07, 6.45) is 0. The van der Waals surface area contributed by atoms with Gasteiger partial charge in [0.05, 0.1) is 22.4 Å². The first-order valence-corrected chi connectivity index (χ1v) is 9.85. The van der Waals surface area contributed by atoms with Crippen LogP contribution in [0.4, 0.5) is 0 Å². The molecule has 7 heteroatoms. The van der Waals surface area contributed by atoms with E-state index in [0.29, 0.717) is 0 Å². The van der Waals surface area contributed by atoms with E-state index in [4.69, 9.17) is 4.74 Å². The molecule has 0 fully saturated rings. The van der Waals surface area contributed by atoms with Crippen molar-refractivity contribution in [2.45, 2.75) is 0 Å². The fourth-order valence-corrected chi connectivity index (χ4v) is 3.57. The highest BCUT2D eigenvalue weighted by atomic mass is 16.5. The highest BCUT2D eigenvalue weighted by molar-refractivity contribution is 5.76. The van der Waals surface area contributed by atoms with Crippen molar-refractivity contribution < 1.29 is 4.74 Å². The molecule has 31 heavy (non-hydrogen) atoms. The number of ether oxygens (including phenoxy) is 1. The largest absolute Gasteiger partial charge is 0.457 e. The number of fused-ring (bicyclic) bond motifs is 2. The molecule has 6 rings (SSSR count). The number of hydrogen-bond donors (Lipinski definition) is 0. The van der Waals surface area contributed by atoms with Gasteiger partial charge in [0.25, 0.3) is 0 Å². The second-order valence-electron chi connectivity index (χ2n) is 7.07. The van der Waals surface area contributed by atoms with Gasteiger partial charge in [-0.2, -0.15) is 0 Å². The van der Waals surface area contributed by atoms with Crippen LogP contribution < -0.4 is 4.74 Å². The van der Waals surface area contributed by atoms with Gasteiger partial charge in [0, 0.05) is 0 Å². The molecule has 4 aromatic carbocycles. The fourth-order valence-electron chi connectivity index (χ4n) is 3.57. The molecule has 0 aliphatic carbocycles. The van der Waals surface area contributed by atoms with Crippen LogP contribution >= 0.6 is 0 Å². The molecule has 0 aliphatic heterocycles. The lowest BCUT2D eigenvalue weighted by Crippen LogP contribution is -1.97. The zero-order valence-electron chi connectivity index (χ0n) is 16.3. The fraction of sp³-hybridized carbons (Fsp3) is 0. The maximum Gasteiger partial charge on any atom is 0.127 e. The van der Waals surface area contributed by atoms with Crippen molar-refractivity contribution in [3.05, 3.63) is 97.1 Å². The van der Waals surface area contributed by atoms with E-state index in [1.54, 1.807) is 0 Å². The van der Waals surface area contributed by atoms with Gasteiger partial charge < -0.3 is 4.74 Å². The average Bonchev–Trinajstić information content (AvgIpc) is 3.45. The van der Waals surface area contributed by atoms with Gasteiger partial charge in [0.15, 0.2) is 0 Å². The summed E-state index contributed by atoms with van der Waals surface area (Å²) in [7, 11) is 0. The van der Waals surface area contributed by atoms with E-state index in [0.717, 1.165) is 44.9 Å². The summed E-state index contributed by atoms with van der Waals surface area (Å²) in [5.74, 6) is 1.49. The Morgan fingerprint density at radius 3 is 1.35 bits per heavy atom. The van der Waals surface area contributed by atoms with Crippen molar-refractivity contribution in [3.63, 3.8) is 0 Å². The number of hydrogen-bond acceptors (Lipinski definition) is 5. The monoisotopic (exact) mass is 404 g/mol. The predicted octanol–water partition coefficient (Wildman–Crippen LogP) is 4.95. The van der Waals surface area contributed by atoms with E-state index in [9.17, 15) is 0 Å². The Hall–Kier alpha value is -4.52. The maximum atomic E-state index is 6.01. The Morgan fingerprint density at radius 2 is 0.903 bits per heavy atom. The minimum Gasteiger partial charge on any atom is -0.457 e. The van der Waals surface area contributed by atoms with E-state index < -0.39 is 0 Å². The molecule has 7 nitrogen and oxygen atoms in total. The smallest absolute Gasteiger partial charge is 0.127 e. The number of para-hydroxylation sites is 2. The third-order valence-corrected chi connectivity index (χ3v) is 5.10. The van der Waals surface area contributed by atoms with Gasteiger partial charge in [-0.15, -0.1) is 10.2 Å². The van der Waals surface area contributed by atoms with Crippen LogP contribution in [0.25, 0.3) is 33.4 Å². The van der Waals surface area contributed by atoms with Crippen LogP contribution in [-0.4, -0.2) is 30.0 Å². The van der Waals surface area contributed by atoms with Gasteiger partial charge in [0.1, 0.15) is 22.5 Å². The third kappa shape index (κ3) is 3.08. The Kier molecular flexibility index (Phi) is 3.96. The van der Waals surface area contributed by atoms with Gasteiger partial charge in [0.2, 0.25) is 0 Å². The average molecular weight is 404 g/mol. The Morgan fingerprint density at radius 1 is 0.484 bits per heavy atom. The van der Waals surface area contributed by atoms with E-state index >= 15 is 0 Å². The molecule has 2 heterocycles. The zero-order valence-corrected chi connectivity index (χ0v) is 16.3. The quantitative estimate of drug-likeness (QED) is 0.416. The Bertz CT molecular complexity index is 1380. The molecule has 0 radical (unpaired) electrons. The van der Waals surface area contributed by atoms with Crippen LogP contribution in [0.2, 0.25) is 0 Å². The van der Waals surface area contributed by atoms with Crippen molar-refractivity contribution in [3.8, 4) is 22.9 Å². The lowest BCUT2D eigenvalue weighted by Gasteiger charge is -2.08. The number of aromatic nitrogens is 6. The number of nitrogens with zero attached hydrogens (tertiary/aromatic N) is 6. The first-order valence-electron chi connectivity index (χ1n) is 9.85. The molecule has 0 bridgehead atoms. The molecule has 0 saturated heterocycles. The zero-order chi connectivity index (χ0) is 20.6. The molecule has 0 atom stereocenters. The van der Waals surface area contributed by atoms with Crippen LogP contribution in [0.5, 0.6) is 11.5 Å². The second-order valence-corrected chi connectivity index (χ2v) is 7.07. The van der Waals surface area contributed by atoms with E-state index in [-0.39, 0.29) is 0 Å². The summed E-state index contributed by atoms with van der Waals surface area (Å²) in [5, 5.41) is 16.9. The standard InChI is InChI=1S/C24H16N6O/c1-3-7-23-21(5-1)25-27-29(23)17-9-13-19(14-10-17)31-20-15-11-18(12-16-20)30-24-8-4-2-6-22(24)26-28-30/h1-16H. The molecule has 0 unspecified atom stereocenters. The van der Waals surface area contributed by atoms with E-state index in [2.05, 4.69) is 20.6 Å². The summed E-state index contributed by atoms with van der Waals surface area (Å²) in [4.78, 5) is 0. The molecule has 0 saturated carbocycles. The Balaban J connectivity index is 1.23. The van der Waals surface area contributed by atoms with Gasteiger partial charge in [-0.1, -0.05) is 34.7 Å². The molecular formula is C24H16N6O. The van der Waals surface area contributed by atoms with Crippen molar-refractivity contribution in [1.82, 2.24) is 30.0 Å². The lowest BCUT2D eigenvalue weighted by molar-refractivity contribution is 0.482. The van der Waals surface area contributed by atoms with Gasteiger partial charge >= 0.3 is 0 Å². The molecule has 2 aromatic heterocycles. The lowest BCUT2D eigenvalue weighted by atomic mass is 10.2. The summed E-state index contributed by atoms with van der Waals surface area (Å²) >= 11 is 0. The molecule has 0 spiro atoms. The van der Waals surface area contributed by atoms with E-state index in [1.807, 2.05) is 106 Å². The first kappa shape index (κ1) is 17.3. The normalized spacial score (nSPS) is 11.2. The minimum absolute atomic E-state index is 0.743. The van der Waals surface area contributed by atoms with Crippen LogP contribution in [0.15, 0.2) is 97.1 Å². The van der Waals surface area contributed by atoms with Gasteiger partial charge in [-0.05, 0) is 72.8 Å². The second kappa shape index (κ2) is 7.07. The molecule has 0 N–H and O–H groups in total. The van der Waals surface area contributed by atoms with Crippen molar-refractivity contribution in [2.75, 3.05) is 0 Å². The predicted molar refractivity (Wildman–Crippen MR) is 118 cm³/mol. The summed E-state index contributed by atoms with van der Waals surface area (Å²) < 4.78 is 9.64. The van der Waals surface area contributed by atoms with Crippen LogP contribution in [0.3, 0.4) is 0 Å². The third-order valence-electron chi connectivity index (χ3n) is 5.10. The number of benzene rings is 4. The first-order chi connectivity index (χ1) is 15.3. The molecular weight excluding hydrogens is 388 g/mol. The Labute approximate surface area is 177 Å². The van der Waals surface area contributed by atoms with E-state index in [1.165, 1.54) is 0 Å². The van der Waals surface area contributed by atoms with Gasteiger partial charge in [-0.25, -0.2) is 9.36 Å². The summed E-state index contributed by atoms with van der Waals surface area (Å²) in [6.45, 7) is 0. The SMILES string of the molecule is c1ccc2c(c1)nnn2-c1ccc(Oc2ccc(-n3nnc4ccccc43)cc2)cc1. The van der Waals surface area contributed by atoms with Crippen LogP contribution in [0.1, 0.15) is 0 Å². The molecule has 0 aliphatic rings. The highest BCUT2D eigenvalue weighted by Crippen LogP contribution is 2.25. The number of rotatable bonds is 4. The summed E-state index contributed by atoms with van der Waals surface area (Å²) in [6, 6.07) is 31.3. The van der Waals surface area contributed by atoms with Gasteiger partial charge in [-0.3, -0.25) is 0 Å². The maximum absolute atomic E-state index is 6.01. The van der Waals surface area contributed by atoms with Crippen LogP contribution in [-0.2, 0) is 0 Å². The molecule has 6 aromatic rings. The molecule has 148 valence electrons. The van der Waals surface area contributed by atoms with Crippen molar-refractivity contribution in [1.29, 1.82) is 0 Å². The van der Waals surface area contributed by atoms with Crippen molar-refractivity contribution in [2.24, 2.45) is 0 Å².